The van der Waals surface area contributed by atoms with Gasteiger partial charge in [0.05, 0.1) is 18.1 Å². The second-order valence-electron chi connectivity index (χ2n) is 5.13. The minimum atomic E-state index is -0.443. The molecule has 0 saturated heterocycles. The van der Waals surface area contributed by atoms with Crippen LogP contribution < -0.4 is 10.1 Å². The van der Waals surface area contributed by atoms with Crippen LogP contribution in [0.5, 0.6) is 5.75 Å². The first-order valence-corrected chi connectivity index (χ1v) is 7.70. The van der Waals surface area contributed by atoms with Gasteiger partial charge in [0.1, 0.15) is 5.75 Å². The average molecular weight is 340 g/mol. The molecule has 0 aliphatic carbocycles. The Kier molecular flexibility index (Phi) is 4.89. The lowest BCUT2D eigenvalue weighted by atomic mass is 10.2. The fraction of sp³-hybridized carbons (Fsp3) is 0.176. The predicted octanol–water partition coefficient (Wildman–Crippen LogP) is 3.66. The summed E-state index contributed by atoms with van der Waals surface area (Å²) in [5, 5.41) is 17.8. The third kappa shape index (κ3) is 4.11. The smallest absolute Gasteiger partial charge is 0.271 e. The summed E-state index contributed by atoms with van der Waals surface area (Å²) < 4.78 is 10.6. The van der Waals surface area contributed by atoms with Gasteiger partial charge in [0, 0.05) is 23.4 Å². The number of non-ortho nitro benzene ring substituents is 1. The maximum absolute atomic E-state index is 10.8. The Morgan fingerprint density at radius 1 is 1.24 bits per heavy atom. The van der Waals surface area contributed by atoms with Crippen molar-refractivity contribution >= 4 is 11.4 Å². The third-order valence-electron chi connectivity index (χ3n) is 3.39. The summed E-state index contributed by atoms with van der Waals surface area (Å²) >= 11 is 0. The molecule has 3 rings (SSSR count). The molecule has 25 heavy (non-hydrogen) atoms. The summed E-state index contributed by atoms with van der Waals surface area (Å²) in [5.41, 5.74) is 1.44. The molecule has 1 N–H and O–H groups in total. The zero-order valence-corrected chi connectivity index (χ0v) is 13.5. The molecule has 8 heteroatoms. The Hall–Kier alpha value is -3.42. The molecule has 0 unspecified atom stereocenters. The largest absolute Gasteiger partial charge is 0.494 e. The van der Waals surface area contributed by atoms with Crippen LogP contribution in [-0.2, 0) is 6.54 Å². The molecule has 0 aliphatic heterocycles. The number of hydrogen-bond donors (Lipinski definition) is 1. The average Bonchev–Trinajstić information content (AvgIpc) is 3.10. The van der Waals surface area contributed by atoms with Gasteiger partial charge >= 0.3 is 0 Å². The molecule has 1 heterocycles. The van der Waals surface area contributed by atoms with Crippen molar-refractivity contribution in [2.75, 3.05) is 11.9 Å². The Morgan fingerprint density at radius 2 is 2.04 bits per heavy atom. The number of aromatic nitrogens is 2. The van der Waals surface area contributed by atoms with Crippen molar-refractivity contribution in [2.24, 2.45) is 0 Å². The molecule has 8 nitrogen and oxygen atoms in total. The zero-order chi connectivity index (χ0) is 17.6. The van der Waals surface area contributed by atoms with Gasteiger partial charge in [0.2, 0.25) is 11.7 Å². The van der Waals surface area contributed by atoms with E-state index in [9.17, 15) is 10.1 Å². The van der Waals surface area contributed by atoms with Gasteiger partial charge in [-0.2, -0.15) is 4.98 Å². The molecule has 0 radical (unpaired) electrons. The fourth-order valence-corrected chi connectivity index (χ4v) is 2.22. The van der Waals surface area contributed by atoms with Crippen LogP contribution in [0.2, 0.25) is 0 Å². The van der Waals surface area contributed by atoms with Crippen LogP contribution in [0.25, 0.3) is 11.4 Å². The highest BCUT2D eigenvalue weighted by molar-refractivity contribution is 5.55. The van der Waals surface area contributed by atoms with Crippen molar-refractivity contribution in [3.8, 4) is 17.1 Å². The molecule has 1 aromatic heterocycles. The molecule has 128 valence electrons. The summed E-state index contributed by atoms with van der Waals surface area (Å²) in [6.45, 7) is 2.80. The minimum absolute atomic E-state index is 0.0191. The van der Waals surface area contributed by atoms with Gasteiger partial charge in [-0.1, -0.05) is 11.2 Å². The SMILES string of the molecule is CCOc1ccc(-c2noc(CNc3cccc([N+](=O)[O-])c3)n2)cc1. The second-order valence-corrected chi connectivity index (χ2v) is 5.13. The van der Waals surface area contributed by atoms with Crippen LogP contribution in [0.15, 0.2) is 53.1 Å². The number of nitrogens with one attached hydrogen (secondary N) is 1. The standard InChI is InChI=1S/C17H16N4O4/c1-2-24-15-8-6-12(7-9-15)17-19-16(25-20-17)11-18-13-4-3-5-14(10-13)21(22)23/h3-10,18H,2,11H2,1H3. The number of nitro benzene ring substituents is 1. The highest BCUT2D eigenvalue weighted by Gasteiger charge is 2.10. The van der Waals surface area contributed by atoms with Gasteiger partial charge in [-0.25, -0.2) is 0 Å². The van der Waals surface area contributed by atoms with E-state index in [0.29, 0.717) is 24.0 Å². The fourth-order valence-electron chi connectivity index (χ4n) is 2.22. The van der Waals surface area contributed by atoms with Crippen LogP contribution in [0.1, 0.15) is 12.8 Å². The maximum Gasteiger partial charge on any atom is 0.271 e. The molecule has 0 atom stereocenters. The molecule has 0 aliphatic rings. The van der Waals surface area contributed by atoms with Gasteiger partial charge in [-0.05, 0) is 37.3 Å². The number of anilines is 1. The molecule has 0 amide bonds. The van der Waals surface area contributed by atoms with E-state index in [0.717, 1.165) is 11.3 Å². The highest BCUT2D eigenvalue weighted by atomic mass is 16.6. The Balaban J connectivity index is 1.65. The summed E-state index contributed by atoms with van der Waals surface area (Å²) in [6.07, 6.45) is 0. The molecular formula is C17H16N4O4. The maximum atomic E-state index is 10.8. The molecule has 0 spiro atoms. The normalized spacial score (nSPS) is 10.4. The molecule has 3 aromatic rings. The predicted molar refractivity (Wildman–Crippen MR) is 91.3 cm³/mol. The van der Waals surface area contributed by atoms with E-state index in [1.54, 1.807) is 12.1 Å². The summed E-state index contributed by atoms with van der Waals surface area (Å²) in [5.74, 6) is 1.64. The number of hydrogen-bond acceptors (Lipinski definition) is 7. The topological polar surface area (TPSA) is 103 Å². The quantitative estimate of drug-likeness (QED) is 0.517. The first-order valence-electron chi connectivity index (χ1n) is 7.70. The van der Waals surface area contributed by atoms with Crippen LogP contribution in [-0.4, -0.2) is 21.7 Å². The van der Waals surface area contributed by atoms with E-state index >= 15 is 0 Å². The number of rotatable bonds is 7. The Labute approximate surface area is 143 Å². The van der Waals surface area contributed by atoms with E-state index in [-0.39, 0.29) is 12.2 Å². The molecule has 0 saturated carbocycles. The first kappa shape index (κ1) is 16.4. The van der Waals surface area contributed by atoms with Gasteiger partial charge in [0.25, 0.3) is 5.69 Å². The molecular weight excluding hydrogens is 324 g/mol. The van der Waals surface area contributed by atoms with Crippen molar-refractivity contribution in [2.45, 2.75) is 13.5 Å². The first-order chi connectivity index (χ1) is 12.2. The number of ether oxygens (including phenoxy) is 1. The number of benzene rings is 2. The third-order valence-corrected chi connectivity index (χ3v) is 3.39. The van der Waals surface area contributed by atoms with Crippen LogP contribution in [0, 0.1) is 10.1 Å². The van der Waals surface area contributed by atoms with Gasteiger partial charge in [-0.15, -0.1) is 0 Å². The lowest BCUT2D eigenvalue weighted by Gasteiger charge is -2.02. The van der Waals surface area contributed by atoms with Crippen LogP contribution in [0.3, 0.4) is 0 Å². The van der Waals surface area contributed by atoms with E-state index < -0.39 is 4.92 Å². The lowest BCUT2D eigenvalue weighted by molar-refractivity contribution is -0.384. The van der Waals surface area contributed by atoms with Crippen molar-refractivity contribution in [1.29, 1.82) is 0 Å². The second kappa shape index (κ2) is 7.43. The Morgan fingerprint density at radius 3 is 2.76 bits per heavy atom. The van der Waals surface area contributed by atoms with E-state index in [4.69, 9.17) is 9.26 Å². The zero-order valence-electron chi connectivity index (χ0n) is 13.5. The van der Waals surface area contributed by atoms with E-state index in [1.165, 1.54) is 12.1 Å². The summed E-state index contributed by atoms with van der Waals surface area (Å²) in [4.78, 5) is 14.7. The van der Waals surface area contributed by atoms with E-state index in [1.807, 2.05) is 31.2 Å². The molecule has 2 aromatic carbocycles. The van der Waals surface area contributed by atoms with Crippen LogP contribution in [0.4, 0.5) is 11.4 Å². The monoisotopic (exact) mass is 340 g/mol. The number of nitrogens with zero attached hydrogens (tertiary/aromatic N) is 3. The van der Waals surface area contributed by atoms with Gasteiger partial charge in [-0.3, -0.25) is 10.1 Å². The van der Waals surface area contributed by atoms with Gasteiger partial charge in [0.15, 0.2) is 0 Å². The molecule has 0 fully saturated rings. The van der Waals surface area contributed by atoms with Crippen molar-refractivity contribution < 1.29 is 14.2 Å². The van der Waals surface area contributed by atoms with Crippen LogP contribution >= 0.6 is 0 Å². The van der Waals surface area contributed by atoms with E-state index in [2.05, 4.69) is 15.5 Å². The minimum Gasteiger partial charge on any atom is -0.494 e. The van der Waals surface area contributed by atoms with Crippen molar-refractivity contribution in [3.63, 3.8) is 0 Å². The summed E-state index contributed by atoms with van der Waals surface area (Å²) in [7, 11) is 0. The molecule has 0 bridgehead atoms. The highest BCUT2D eigenvalue weighted by Crippen LogP contribution is 2.21. The number of nitro groups is 1. The van der Waals surface area contributed by atoms with Gasteiger partial charge < -0.3 is 14.6 Å². The Bertz CT molecular complexity index is 861. The lowest BCUT2D eigenvalue weighted by Crippen LogP contribution is -2.00. The van der Waals surface area contributed by atoms with Crippen molar-refractivity contribution in [3.05, 3.63) is 64.5 Å². The summed E-state index contributed by atoms with van der Waals surface area (Å²) in [6, 6.07) is 13.6. The van der Waals surface area contributed by atoms with Crippen molar-refractivity contribution in [1.82, 2.24) is 10.1 Å².